The van der Waals surface area contributed by atoms with Gasteiger partial charge in [-0.1, -0.05) is 5.16 Å². The van der Waals surface area contributed by atoms with Crippen LogP contribution >= 0.6 is 11.3 Å². The van der Waals surface area contributed by atoms with E-state index >= 15 is 0 Å². The minimum absolute atomic E-state index is 0.509. The average Bonchev–Trinajstić information content (AvgIpc) is 2.98. The third-order valence-electron chi connectivity index (χ3n) is 2.55. The molecule has 0 unspecified atom stereocenters. The first kappa shape index (κ1) is 10.2. The van der Waals surface area contributed by atoms with Gasteiger partial charge in [-0.25, -0.2) is 0 Å². The largest absolute Gasteiger partial charge is 0.333 e. The summed E-state index contributed by atoms with van der Waals surface area (Å²) in [6.45, 7) is 3.84. The monoisotopic (exact) mass is 246 g/mol. The molecule has 0 saturated heterocycles. The van der Waals surface area contributed by atoms with Gasteiger partial charge in [0, 0.05) is 16.6 Å². The number of rotatable bonds is 2. The molecule has 0 aliphatic carbocycles. The van der Waals surface area contributed by atoms with Gasteiger partial charge in [0.15, 0.2) is 0 Å². The Kier molecular flexibility index (Phi) is 2.29. The molecule has 3 aromatic heterocycles. The van der Waals surface area contributed by atoms with E-state index in [2.05, 4.69) is 20.3 Å². The van der Waals surface area contributed by atoms with Crippen LogP contribution < -0.4 is 0 Å². The SMILES string of the molecule is Cc1n[nH]c(C)c1-c1nc(-c2ccsc2)no1. The number of H-pyrrole nitrogens is 1. The van der Waals surface area contributed by atoms with Crippen LogP contribution in [-0.4, -0.2) is 20.3 Å². The number of aryl methyl sites for hydroxylation is 2. The highest BCUT2D eigenvalue weighted by molar-refractivity contribution is 7.08. The summed E-state index contributed by atoms with van der Waals surface area (Å²) in [6, 6.07) is 1.97. The topological polar surface area (TPSA) is 67.6 Å². The van der Waals surface area contributed by atoms with Gasteiger partial charge in [0.1, 0.15) is 0 Å². The fourth-order valence-corrected chi connectivity index (χ4v) is 2.33. The normalized spacial score (nSPS) is 10.9. The summed E-state index contributed by atoms with van der Waals surface area (Å²) in [5.74, 6) is 1.12. The first-order valence-electron chi connectivity index (χ1n) is 5.14. The van der Waals surface area contributed by atoms with E-state index in [9.17, 15) is 0 Å². The van der Waals surface area contributed by atoms with Crippen LogP contribution in [0.1, 0.15) is 11.4 Å². The molecule has 0 aromatic carbocycles. The fraction of sp³-hybridized carbons (Fsp3) is 0.182. The predicted molar refractivity (Wildman–Crippen MR) is 64.7 cm³/mol. The minimum Gasteiger partial charge on any atom is -0.333 e. The second-order valence-corrected chi connectivity index (χ2v) is 4.52. The molecule has 3 aromatic rings. The maximum atomic E-state index is 5.28. The number of hydrogen-bond acceptors (Lipinski definition) is 5. The zero-order valence-electron chi connectivity index (χ0n) is 9.39. The lowest BCUT2D eigenvalue weighted by Gasteiger charge is -1.91. The van der Waals surface area contributed by atoms with Crippen LogP contribution in [0, 0.1) is 13.8 Å². The first-order chi connectivity index (χ1) is 8.25. The van der Waals surface area contributed by atoms with Crippen LogP contribution in [0.3, 0.4) is 0 Å². The summed E-state index contributed by atoms with van der Waals surface area (Å²) >= 11 is 1.61. The summed E-state index contributed by atoms with van der Waals surface area (Å²) in [5, 5.41) is 15.0. The first-order valence-corrected chi connectivity index (χ1v) is 6.08. The van der Waals surface area contributed by atoms with Crippen molar-refractivity contribution >= 4 is 11.3 Å². The molecule has 3 heterocycles. The number of hydrogen-bond donors (Lipinski definition) is 1. The van der Waals surface area contributed by atoms with E-state index < -0.39 is 0 Å². The second-order valence-electron chi connectivity index (χ2n) is 3.74. The molecule has 0 aliphatic rings. The summed E-state index contributed by atoms with van der Waals surface area (Å²) in [4.78, 5) is 4.39. The highest BCUT2D eigenvalue weighted by atomic mass is 32.1. The third kappa shape index (κ3) is 1.66. The molecule has 5 nitrogen and oxygen atoms in total. The standard InChI is InChI=1S/C11H10N4OS/c1-6-9(7(2)14-13-6)11-12-10(15-16-11)8-3-4-17-5-8/h3-5H,1-2H3,(H,13,14). The number of nitrogens with zero attached hydrogens (tertiary/aromatic N) is 3. The zero-order chi connectivity index (χ0) is 11.8. The Balaban J connectivity index is 2.07. The van der Waals surface area contributed by atoms with Crippen LogP contribution in [0.2, 0.25) is 0 Å². The van der Waals surface area contributed by atoms with Gasteiger partial charge in [-0.3, -0.25) is 5.10 Å². The Bertz CT molecular complexity index is 619. The quantitative estimate of drug-likeness (QED) is 0.755. The van der Waals surface area contributed by atoms with Crippen LogP contribution in [0.4, 0.5) is 0 Å². The van der Waals surface area contributed by atoms with Crippen LogP contribution in [0.5, 0.6) is 0 Å². The minimum atomic E-state index is 0.509. The lowest BCUT2D eigenvalue weighted by atomic mass is 10.2. The van der Waals surface area contributed by atoms with Gasteiger partial charge in [-0.05, 0) is 25.3 Å². The van der Waals surface area contributed by atoms with Crippen LogP contribution in [0.15, 0.2) is 21.3 Å². The van der Waals surface area contributed by atoms with E-state index in [0.29, 0.717) is 11.7 Å². The molecule has 0 atom stereocenters. The van der Waals surface area contributed by atoms with E-state index in [0.717, 1.165) is 22.5 Å². The molecule has 0 fully saturated rings. The third-order valence-corrected chi connectivity index (χ3v) is 3.23. The molecule has 6 heteroatoms. The van der Waals surface area contributed by atoms with E-state index in [1.807, 2.05) is 30.7 Å². The molecule has 1 N–H and O–H groups in total. The molecule has 0 aliphatic heterocycles. The van der Waals surface area contributed by atoms with Gasteiger partial charge in [0.05, 0.1) is 11.3 Å². The van der Waals surface area contributed by atoms with Crippen molar-refractivity contribution < 1.29 is 4.52 Å². The highest BCUT2D eigenvalue weighted by Crippen LogP contribution is 2.26. The highest BCUT2D eigenvalue weighted by Gasteiger charge is 2.16. The Morgan fingerprint density at radius 2 is 2.24 bits per heavy atom. The van der Waals surface area contributed by atoms with Gasteiger partial charge in [0.2, 0.25) is 5.82 Å². The van der Waals surface area contributed by atoms with Crippen molar-refractivity contribution in [2.24, 2.45) is 0 Å². The number of thiophene rings is 1. The molecule has 0 radical (unpaired) electrons. The fourth-order valence-electron chi connectivity index (χ4n) is 1.70. The van der Waals surface area contributed by atoms with E-state index in [1.165, 1.54) is 0 Å². The molecule has 0 bridgehead atoms. The molecule has 0 spiro atoms. The van der Waals surface area contributed by atoms with Crippen LogP contribution in [-0.2, 0) is 0 Å². The molecule has 0 amide bonds. The Labute approximate surface area is 101 Å². The zero-order valence-corrected chi connectivity index (χ0v) is 10.2. The maximum Gasteiger partial charge on any atom is 0.261 e. The van der Waals surface area contributed by atoms with E-state index in [1.54, 1.807) is 11.3 Å². The summed E-state index contributed by atoms with van der Waals surface area (Å²) < 4.78 is 5.28. The van der Waals surface area contributed by atoms with Crippen LogP contribution in [0.25, 0.3) is 22.8 Å². The van der Waals surface area contributed by atoms with Crippen molar-refractivity contribution in [1.82, 2.24) is 20.3 Å². The lowest BCUT2D eigenvalue weighted by Crippen LogP contribution is -1.82. The predicted octanol–water partition coefficient (Wildman–Crippen LogP) is 2.81. The molecular formula is C11H10N4OS. The Morgan fingerprint density at radius 3 is 2.88 bits per heavy atom. The summed E-state index contributed by atoms with van der Waals surface area (Å²) in [6.07, 6.45) is 0. The smallest absolute Gasteiger partial charge is 0.261 e. The summed E-state index contributed by atoms with van der Waals surface area (Å²) in [5.41, 5.74) is 3.66. The van der Waals surface area contributed by atoms with Crippen molar-refractivity contribution in [2.75, 3.05) is 0 Å². The molecule has 17 heavy (non-hydrogen) atoms. The van der Waals surface area contributed by atoms with E-state index in [-0.39, 0.29) is 0 Å². The molecule has 3 rings (SSSR count). The summed E-state index contributed by atoms with van der Waals surface area (Å²) in [7, 11) is 0. The van der Waals surface area contributed by atoms with Gasteiger partial charge in [-0.15, -0.1) is 0 Å². The Morgan fingerprint density at radius 1 is 1.35 bits per heavy atom. The van der Waals surface area contributed by atoms with Crippen molar-refractivity contribution in [3.63, 3.8) is 0 Å². The molecule has 86 valence electrons. The van der Waals surface area contributed by atoms with Gasteiger partial charge < -0.3 is 4.52 Å². The molecular weight excluding hydrogens is 236 g/mol. The van der Waals surface area contributed by atoms with Gasteiger partial charge in [0.25, 0.3) is 5.89 Å². The number of aromatic amines is 1. The van der Waals surface area contributed by atoms with Crippen molar-refractivity contribution in [1.29, 1.82) is 0 Å². The van der Waals surface area contributed by atoms with Gasteiger partial charge in [-0.2, -0.15) is 21.4 Å². The van der Waals surface area contributed by atoms with Crippen molar-refractivity contribution in [3.8, 4) is 22.8 Å². The number of aromatic nitrogens is 4. The molecule has 0 saturated carbocycles. The van der Waals surface area contributed by atoms with Gasteiger partial charge >= 0.3 is 0 Å². The Hall–Kier alpha value is -1.95. The van der Waals surface area contributed by atoms with Crippen molar-refractivity contribution in [2.45, 2.75) is 13.8 Å². The number of nitrogens with one attached hydrogen (secondary N) is 1. The van der Waals surface area contributed by atoms with E-state index in [4.69, 9.17) is 4.52 Å². The average molecular weight is 246 g/mol. The lowest BCUT2D eigenvalue weighted by molar-refractivity contribution is 0.432. The maximum absolute atomic E-state index is 5.28. The van der Waals surface area contributed by atoms with Crippen molar-refractivity contribution in [3.05, 3.63) is 28.2 Å². The second kappa shape index (κ2) is 3.81.